The molecule has 0 unspecified atom stereocenters. The van der Waals surface area contributed by atoms with E-state index in [0.717, 1.165) is 21.1 Å². The van der Waals surface area contributed by atoms with E-state index in [1.807, 2.05) is 43.3 Å². The van der Waals surface area contributed by atoms with Gasteiger partial charge >= 0.3 is 0 Å². The van der Waals surface area contributed by atoms with Crippen molar-refractivity contribution in [3.05, 3.63) is 64.3 Å². The highest BCUT2D eigenvalue weighted by Crippen LogP contribution is 2.32. The Morgan fingerprint density at radius 3 is 2.76 bits per heavy atom. The molecule has 3 aromatic rings. The minimum Gasteiger partial charge on any atom is -0.454 e. The molecule has 0 atom stereocenters. The summed E-state index contributed by atoms with van der Waals surface area (Å²) in [5.74, 6) is 1.16. The lowest BCUT2D eigenvalue weighted by Crippen LogP contribution is -1.92. The van der Waals surface area contributed by atoms with Gasteiger partial charge in [-0.1, -0.05) is 34.1 Å². The highest BCUT2D eigenvalue weighted by atomic mass is 79.9. The molecule has 3 rings (SSSR count). The smallest absolute Gasteiger partial charge is 0.153 e. The summed E-state index contributed by atoms with van der Waals surface area (Å²) in [5, 5.41) is 10.2. The molecule has 0 bridgehead atoms. The molecule has 0 aliphatic heterocycles. The fourth-order valence-electron chi connectivity index (χ4n) is 2.09. The Balaban J connectivity index is 2.13. The molecular formula is C17H11BrN2O. The van der Waals surface area contributed by atoms with E-state index >= 15 is 0 Å². The summed E-state index contributed by atoms with van der Waals surface area (Å²) >= 11 is 3.40. The molecule has 0 N–H and O–H groups in total. The Morgan fingerprint density at radius 1 is 1.10 bits per heavy atom. The third-order valence-corrected chi connectivity index (χ3v) is 3.60. The highest BCUT2D eigenvalue weighted by Gasteiger charge is 2.09. The summed E-state index contributed by atoms with van der Waals surface area (Å²) < 4.78 is 6.80. The average Bonchev–Trinajstić information content (AvgIpc) is 2.48. The minimum absolute atomic E-state index is 0.489. The molecule has 4 heteroatoms. The van der Waals surface area contributed by atoms with E-state index in [4.69, 9.17) is 4.74 Å². The van der Waals surface area contributed by atoms with Crippen molar-refractivity contribution in [3.63, 3.8) is 0 Å². The maximum atomic E-state index is 9.18. The molecule has 0 aliphatic rings. The van der Waals surface area contributed by atoms with Crippen LogP contribution in [0.2, 0.25) is 0 Å². The molecule has 0 fully saturated rings. The maximum absolute atomic E-state index is 9.18. The number of halogens is 1. The number of aromatic nitrogens is 1. The summed E-state index contributed by atoms with van der Waals surface area (Å²) in [7, 11) is 0. The van der Waals surface area contributed by atoms with Gasteiger partial charge in [0.05, 0.1) is 5.56 Å². The van der Waals surface area contributed by atoms with Crippen LogP contribution in [0.3, 0.4) is 0 Å². The van der Waals surface area contributed by atoms with Gasteiger partial charge in [-0.15, -0.1) is 0 Å². The van der Waals surface area contributed by atoms with Crippen molar-refractivity contribution in [3.8, 4) is 17.6 Å². The van der Waals surface area contributed by atoms with Crippen LogP contribution in [-0.4, -0.2) is 4.98 Å². The summed E-state index contributed by atoms with van der Waals surface area (Å²) in [6.07, 6.45) is 0. The number of para-hydroxylation sites is 1. The third-order valence-electron chi connectivity index (χ3n) is 3.11. The molecule has 0 spiro atoms. The molecule has 0 aliphatic carbocycles. The Bertz CT molecular complexity index is 868. The monoisotopic (exact) mass is 338 g/mol. The van der Waals surface area contributed by atoms with E-state index in [2.05, 4.69) is 27.0 Å². The van der Waals surface area contributed by atoms with E-state index < -0.39 is 0 Å². The van der Waals surface area contributed by atoms with E-state index in [1.165, 1.54) is 0 Å². The van der Waals surface area contributed by atoms with Gasteiger partial charge in [0.1, 0.15) is 17.3 Å². The van der Waals surface area contributed by atoms with Crippen LogP contribution < -0.4 is 4.74 Å². The Kier molecular flexibility index (Phi) is 3.59. The number of aryl methyl sites for hydroxylation is 1. The van der Waals surface area contributed by atoms with E-state index in [9.17, 15) is 5.26 Å². The van der Waals surface area contributed by atoms with Gasteiger partial charge in [-0.3, -0.25) is 0 Å². The average molecular weight is 339 g/mol. The zero-order valence-corrected chi connectivity index (χ0v) is 12.9. The Labute approximate surface area is 130 Å². The molecule has 21 heavy (non-hydrogen) atoms. The van der Waals surface area contributed by atoms with Gasteiger partial charge in [-0.2, -0.15) is 5.26 Å². The first-order chi connectivity index (χ1) is 10.2. The van der Waals surface area contributed by atoms with Gasteiger partial charge in [-0.25, -0.2) is 4.98 Å². The van der Waals surface area contributed by atoms with Gasteiger partial charge in [-0.05, 0) is 37.3 Å². The topological polar surface area (TPSA) is 45.9 Å². The van der Waals surface area contributed by atoms with Gasteiger partial charge in [0, 0.05) is 15.6 Å². The summed E-state index contributed by atoms with van der Waals surface area (Å²) in [5.41, 5.74) is 2.21. The molecule has 2 aromatic carbocycles. The number of hydrogen-bond acceptors (Lipinski definition) is 3. The number of nitrogens with zero attached hydrogens (tertiary/aromatic N) is 2. The third kappa shape index (κ3) is 2.74. The van der Waals surface area contributed by atoms with Crippen molar-refractivity contribution < 1.29 is 4.74 Å². The van der Waals surface area contributed by atoms with Crippen molar-refractivity contribution in [2.75, 3.05) is 0 Å². The van der Waals surface area contributed by atoms with Crippen LogP contribution in [0.25, 0.3) is 10.9 Å². The molecule has 0 saturated heterocycles. The van der Waals surface area contributed by atoms with Gasteiger partial charge in [0.15, 0.2) is 5.75 Å². The van der Waals surface area contributed by atoms with Gasteiger partial charge in [0.2, 0.25) is 0 Å². The van der Waals surface area contributed by atoms with Crippen molar-refractivity contribution in [1.82, 2.24) is 4.98 Å². The molecular weight excluding hydrogens is 328 g/mol. The zero-order chi connectivity index (χ0) is 14.8. The van der Waals surface area contributed by atoms with E-state index in [-0.39, 0.29) is 0 Å². The molecule has 3 nitrogen and oxygen atoms in total. The van der Waals surface area contributed by atoms with Crippen LogP contribution in [0, 0.1) is 18.3 Å². The number of ether oxygens (including phenoxy) is 1. The van der Waals surface area contributed by atoms with Crippen LogP contribution in [0.15, 0.2) is 53.0 Å². The van der Waals surface area contributed by atoms with Crippen LogP contribution in [0.1, 0.15) is 11.3 Å². The first kappa shape index (κ1) is 13.6. The first-order valence-corrected chi connectivity index (χ1v) is 7.20. The number of benzene rings is 2. The number of pyridine rings is 1. The predicted molar refractivity (Wildman–Crippen MR) is 85.4 cm³/mol. The number of rotatable bonds is 2. The highest BCUT2D eigenvalue weighted by molar-refractivity contribution is 9.10. The van der Waals surface area contributed by atoms with Crippen molar-refractivity contribution in [2.45, 2.75) is 6.92 Å². The summed E-state index contributed by atoms with van der Waals surface area (Å²) in [6, 6.07) is 17.2. The second-order valence-electron chi connectivity index (χ2n) is 4.63. The lowest BCUT2D eigenvalue weighted by Gasteiger charge is -2.10. The fraction of sp³-hybridized carbons (Fsp3) is 0.0588. The van der Waals surface area contributed by atoms with Crippen molar-refractivity contribution in [2.24, 2.45) is 0 Å². The zero-order valence-electron chi connectivity index (χ0n) is 11.3. The molecule has 102 valence electrons. The van der Waals surface area contributed by atoms with E-state index in [1.54, 1.807) is 12.1 Å². The van der Waals surface area contributed by atoms with E-state index in [0.29, 0.717) is 17.1 Å². The SMILES string of the molecule is Cc1ccc2cccc(Oc3cc(Br)ccc3C#N)c2n1. The Hall–Kier alpha value is -2.38. The number of hydrogen-bond donors (Lipinski definition) is 0. The van der Waals surface area contributed by atoms with Gasteiger partial charge in [0.25, 0.3) is 0 Å². The molecule has 0 saturated carbocycles. The predicted octanol–water partition coefficient (Wildman–Crippen LogP) is 4.97. The Morgan fingerprint density at radius 2 is 1.95 bits per heavy atom. The standard InChI is InChI=1S/C17H11BrN2O/c1-11-5-6-12-3-2-4-15(17(12)20-11)21-16-9-14(18)8-7-13(16)10-19/h2-9H,1H3. The number of fused-ring (bicyclic) bond motifs is 1. The number of nitriles is 1. The van der Waals surface area contributed by atoms with Crippen molar-refractivity contribution >= 4 is 26.8 Å². The fourth-order valence-corrected chi connectivity index (χ4v) is 2.43. The van der Waals surface area contributed by atoms with Crippen LogP contribution in [-0.2, 0) is 0 Å². The van der Waals surface area contributed by atoms with Crippen LogP contribution in [0.5, 0.6) is 11.5 Å². The lowest BCUT2D eigenvalue weighted by atomic mass is 10.2. The minimum atomic E-state index is 0.489. The van der Waals surface area contributed by atoms with Crippen molar-refractivity contribution in [1.29, 1.82) is 5.26 Å². The molecule has 1 heterocycles. The molecule has 1 aromatic heterocycles. The normalized spacial score (nSPS) is 10.3. The first-order valence-electron chi connectivity index (χ1n) is 6.41. The summed E-state index contributed by atoms with van der Waals surface area (Å²) in [4.78, 5) is 4.53. The second kappa shape index (κ2) is 5.55. The lowest BCUT2D eigenvalue weighted by molar-refractivity contribution is 0.485. The van der Waals surface area contributed by atoms with Crippen LogP contribution >= 0.6 is 15.9 Å². The second-order valence-corrected chi connectivity index (χ2v) is 5.55. The van der Waals surface area contributed by atoms with Gasteiger partial charge < -0.3 is 4.74 Å². The largest absolute Gasteiger partial charge is 0.454 e. The molecule has 0 radical (unpaired) electrons. The summed E-state index contributed by atoms with van der Waals surface area (Å²) in [6.45, 7) is 1.94. The molecule has 0 amide bonds. The van der Waals surface area contributed by atoms with Crippen LogP contribution in [0.4, 0.5) is 0 Å². The quantitative estimate of drug-likeness (QED) is 0.662. The maximum Gasteiger partial charge on any atom is 0.153 e.